The SMILES string of the molecule is CSc1cccc(NC(=O)Cn2nc3c(SC4CCCCC4)nccn3c2=O)c1. The summed E-state index contributed by atoms with van der Waals surface area (Å²) in [5, 5.41) is 8.51. The van der Waals surface area contributed by atoms with Crippen LogP contribution in [0.1, 0.15) is 32.1 Å². The highest BCUT2D eigenvalue weighted by atomic mass is 32.2. The lowest BCUT2D eigenvalue weighted by molar-refractivity contribution is -0.117. The molecule has 0 unspecified atom stereocenters. The Bertz CT molecular complexity index is 1070. The molecule has 29 heavy (non-hydrogen) atoms. The Morgan fingerprint density at radius 2 is 2.10 bits per heavy atom. The number of amides is 1. The molecule has 1 amide bonds. The number of thioether (sulfide) groups is 2. The Hall–Kier alpha value is -2.26. The zero-order chi connectivity index (χ0) is 20.2. The number of carbonyl (C=O) groups excluding carboxylic acids is 1. The van der Waals surface area contributed by atoms with Crippen molar-refractivity contribution in [3.63, 3.8) is 0 Å². The zero-order valence-electron chi connectivity index (χ0n) is 16.2. The summed E-state index contributed by atoms with van der Waals surface area (Å²) in [5.74, 6) is -0.289. The van der Waals surface area contributed by atoms with E-state index < -0.39 is 0 Å². The molecule has 4 rings (SSSR count). The molecular weight excluding hydrogens is 406 g/mol. The number of fused-ring (bicyclic) bond motifs is 1. The number of nitrogens with zero attached hydrogens (tertiary/aromatic N) is 4. The van der Waals surface area contributed by atoms with Crippen LogP contribution in [0.5, 0.6) is 0 Å². The number of hydrogen-bond donors (Lipinski definition) is 1. The van der Waals surface area contributed by atoms with E-state index in [0.29, 0.717) is 16.6 Å². The lowest BCUT2D eigenvalue weighted by atomic mass is 10.0. The van der Waals surface area contributed by atoms with Crippen LogP contribution >= 0.6 is 23.5 Å². The Balaban J connectivity index is 1.53. The van der Waals surface area contributed by atoms with Gasteiger partial charge in [0.2, 0.25) is 5.91 Å². The molecule has 0 atom stereocenters. The van der Waals surface area contributed by atoms with Gasteiger partial charge in [-0.15, -0.1) is 16.9 Å². The van der Waals surface area contributed by atoms with Crippen LogP contribution in [0.4, 0.5) is 5.69 Å². The van der Waals surface area contributed by atoms with Crippen LogP contribution in [0.2, 0.25) is 0 Å². The van der Waals surface area contributed by atoms with E-state index in [0.717, 1.165) is 22.8 Å². The van der Waals surface area contributed by atoms with Gasteiger partial charge in [-0.25, -0.2) is 18.9 Å². The predicted molar refractivity (Wildman–Crippen MR) is 117 cm³/mol. The normalized spacial score (nSPS) is 14.9. The molecule has 1 aliphatic rings. The molecule has 7 nitrogen and oxygen atoms in total. The average Bonchev–Trinajstić information content (AvgIpc) is 3.05. The third kappa shape index (κ3) is 4.67. The van der Waals surface area contributed by atoms with Gasteiger partial charge < -0.3 is 5.32 Å². The lowest BCUT2D eigenvalue weighted by Gasteiger charge is -2.20. The van der Waals surface area contributed by atoms with Crippen LogP contribution in [0.25, 0.3) is 5.65 Å². The Morgan fingerprint density at radius 3 is 2.90 bits per heavy atom. The van der Waals surface area contributed by atoms with Crippen molar-refractivity contribution < 1.29 is 4.79 Å². The smallest absolute Gasteiger partial charge is 0.324 e. The van der Waals surface area contributed by atoms with Gasteiger partial charge in [0, 0.05) is 28.2 Å². The van der Waals surface area contributed by atoms with Crippen LogP contribution in [-0.4, -0.2) is 36.6 Å². The highest BCUT2D eigenvalue weighted by Gasteiger charge is 2.20. The number of aromatic nitrogens is 4. The summed E-state index contributed by atoms with van der Waals surface area (Å²) < 4.78 is 2.68. The summed E-state index contributed by atoms with van der Waals surface area (Å²) in [7, 11) is 0. The summed E-state index contributed by atoms with van der Waals surface area (Å²) in [6.45, 7) is -0.141. The van der Waals surface area contributed by atoms with Gasteiger partial charge in [0.1, 0.15) is 11.6 Å². The highest BCUT2D eigenvalue weighted by Crippen LogP contribution is 2.33. The summed E-state index contributed by atoms with van der Waals surface area (Å²) in [4.78, 5) is 30.7. The summed E-state index contributed by atoms with van der Waals surface area (Å²) in [6, 6.07) is 7.59. The van der Waals surface area contributed by atoms with Crippen molar-refractivity contribution in [2.24, 2.45) is 0 Å². The topological polar surface area (TPSA) is 81.3 Å². The zero-order valence-corrected chi connectivity index (χ0v) is 17.8. The summed E-state index contributed by atoms with van der Waals surface area (Å²) in [6.07, 6.45) is 11.3. The maximum Gasteiger partial charge on any atom is 0.350 e. The molecule has 0 spiro atoms. The first-order valence-electron chi connectivity index (χ1n) is 9.69. The van der Waals surface area contributed by atoms with Crippen molar-refractivity contribution >= 4 is 40.8 Å². The van der Waals surface area contributed by atoms with Gasteiger partial charge in [0.25, 0.3) is 0 Å². The minimum atomic E-state index is -0.332. The molecule has 0 bridgehead atoms. The van der Waals surface area contributed by atoms with Crippen molar-refractivity contribution in [3.8, 4) is 0 Å². The minimum Gasteiger partial charge on any atom is -0.324 e. The van der Waals surface area contributed by atoms with Gasteiger partial charge in [-0.1, -0.05) is 37.1 Å². The molecule has 2 heterocycles. The number of hydrogen-bond acceptors (Lipinski definition) is 6. The second kappa shape index (κ2) is 9.04. The van der Waals surface area contributed by atoms with E-state index >= 15 is 0 Å². The Labute approximate surface area is 177 Å². The molecule has 0 saturated heterocycles. The first-order chi connectivity index (χ1) is 14.1. The van der Waals surface area contributed by atoms with E-state index in [9.17, 15) is 9.59 Å². The number of carbonyl (C=O) groups is 1. The third-order valence-electron chi connectivity index (χ3n) is 4.95. The van der Waals surface area contributed by atoms with Crippen molar-refractivity contribution in [2.75, 3.05) is 11.6 Å². The molecule has 1 N–H and O–H groups in total. The molecule has 1 saturated carbocycles. The standard InChI is InChI=1S/C20H23N5O2S2/c1-28-16-9-5-6-14(12-16)22-17(26)13-25-20(27)24-11-10-21-19(18(24)23-25)29-15-7-3-2-4-8-15/h5-6,9-12,15H,2-4,7-8,13H2,1H3,(H,22,26). The maximum absolute atomic E-state index is 12.7. The Kier molecular flexibility index (Phi) is 6.25. The van der Waals surface area contributed by atoms with Crippen LogP contribution < -0.4 is 11.0 Å². The number of benzene rings is 1. The second-order valence-corrected chi connectivity index (χ2v) is 9.19. The monoisotopic (exact) mass is 429 g/mol. The van der Waals surface area contributed by atoms with Gasteiger partial charge in [-0.05, 0) is 37.3 Å². The molecule has 1 aliphatic carbocycles. The van der Waals surface area contributed by atoms with E-state index in [-0.39, 0.29) is 18.1 Å². The lowest BCUT2D eigenvalue weighted by Crippen LogP contribution is -2.28. The van der Waals surface area contributed by atoms with Gasteiger partial charge in [-0.3, -0.25) is 4.79 Å². The molecule has 2 aromatic heterocycles. The van der Waals surface area contributed by atoms with Crippen LogP contribution in [-0.2, 0) is 11.3 Å². The van der Waals surface area contributed by atoms with Crippen molar-refractivity contribution in [2.45, 2.75) is 53.8 Å². The van der Waals surface area contributed by atoms with Gasteiger partial charge in [0.15, 0.2) is 5.65 Å². The number of anilines is 1. The average molecular weight is 430 g/mol. The van der Waals surface area contributed by atoms with E-state index in [1.165, 1.54) is 28.3 Å². The number of rotatable bonds is 6. The van der Waals surface area contributed by atoms with Crippen LogP contribution in [0, 0.1) is 0 Å². The molecule has 3 aromatic rings. The van der Waals surface area contributed by atoms with E-state index in [1.54, 1.807) is 35.9 Å². The molecule has 1 aromatic carbocycles. The maximum atomic E-state index is 12.7. The fourth-order valence-electron chi connectivity index (χ4n) is 3.49. The molecule has 9 heteroatoms. The van der Waals surface area contributed by atoms with Gasteiger partial charge >= 0.3 is 5.69 Å². The largest absolute Gasteiger partial charge is 0.350 e. The van der Waals surface area contributed by atoms with Crippen LogP contribution in [0.3, 0.4) is 0 Å². The molecular formula is C20H23N5O2S2. The summed E-state index contributed by atoms with van der Waals surface area (Å²) >= 11 is 3.30. The number of nitrogens with one attached hydrogen (secondary N) is 1. The van der Waals surface area contributed by atoms with E-state index in [2.05, 4.69) is 15.4 Å². The minimum absolute atomic E-state index is 0.141. The van der Waals surface area contributed by atoms with Gasteiger partial charge in [-0.2, -0.15) is 0 Å². The predicted octanol–water partition coefficient (Wildman–Crippen LogP) is 3.68. The molecule has 0 aliphatic heterocycles. The van der Waals surface area contributed by atoms with E-state index in [1.807, 2.05) is 30.5 Å². The first kappa shape index (κ1) is 20.0. The van der Waals surface area contributed by atoms with Crippen molar-refractivity contribution in [1.29, 1.82) is 0 Å². The summed E-state index contributed by atoms with van der Waals surface area (Å²) in [5.41, 5.74) is 0.889. The second-order valence-electron chi connectivity index (χ2n) is 7.02. The van der Waals surface area contributed by atoms with Gasteiger partial charge in [0.05, 0.1) is 0 Å². The molecule has 1 fully saturated rings. The van der Waals surface area contributed by atoms with Crippen molar-refractivity contribution in [3.05, 3.63) is 47.1 Å². The van der Waals surface area contributed by atoms with E-state index in [4.69, 9.17) is 0 Å². The fraction of sp³-hybridized carbons (Fsp3) is 0.400. The Morgan fingerprint density at radius 1 is 1.28 bits per heavy atom. The third-order valence-corrected chi connectivity index (χ3v) is 6.99. The highest BCUT2D eigenvalue weighted by molar-refractivity contribution is 8.00. The molecule has 0 radical (unpaired) electrons. The van der Waals surface area contributed by atoms with Crippen molar-refractivity contribution in [1.82, 2.24) is 19.2 Å². The first-order valence-corrected chi connectivity index (χ1v) is 11.8. The van der Waals surface area contributed by atoms with Crippen LogP contribution in [0.15, 0.2) is 51.4 Å². The quantitative estimate of drug-likeness (QED) is 0.602. The fourth-order valence-corrected chi connectivity index (χ4v) is 5.20. The molecule has 152 valence electrons.